The minimum Gasteiger partial charge on any atom is -0.440 e. The van der Waals surface area contributed by atoms with Gasteiger partial charge in [-0.1, -0.05) is 0 Å². The van der Waals surface area contributed by atoms with Gasteiger partial charge in [0.15, 0.2) is 17.0 Å². The summed E-state index contributed by atoms with van der Waals surface area (Å²) in [6.07, 6.45) is -4.21. The van der Waals surface area contributed by atoms with Crippen LogP contribution in [0.5, 0.6) is 0 Å². The predicted octanol–water partition coefficient (Wildman–Crippen LogP) is 2.81. The third-order valence-electron chi connectivity index (χ3n) is 5.45. The molecule has 16 heteroatoms. The maximum absolute atomic E-state index is 13.3. The molecule has 1 amide bonds. The van der Waals surface area contributed by atoms with Crippen LogP contribution in [0.3, 0.4) is 0 Å². The summed E-state index contributed by atoms with van der Waals surface area (Å²) in [5, 5.41) is 10.7. The number of imidazole rings is 1. The van der Waals surface area contributed by atoms with Gasteiger partial charge >= 0.3 is 18.2 Å². The maximum Gasteiger partial charge on any atom is 0.493 e. The molecule has 13 nitrogen and oxygen atoms in total. The van der Waals surface area contributed by atoms with Gasteiger partial charge in [0.1, 0.15) is 11.7 Å². The van der Waals surface area contributed by atoms with Crippen LogP contribution >= 0.6 is 0 Å². The number of fused-ring (bicyclic) bond motifs is 1. The van der Waals surface area contributed by atoms with E-state index >= 15 is 0 Å². The van der Waals surface area contributed by atoms with E-state index in [0.717, 1.165) is 11.6 Å². The molecule has 0 spiro atoms. The Morgan fingerprint density at radius 1 is 1.21 bits per heavy atom. The summed E-state index contributed by atoms with van der Waals surface area (Å²) >= 11 is 0. The van der Waals surface area contributed by atoms with Crippen molar-refractivity contribution in [2.75, 3.05) is 38.9 Å². The number of rotatable bonds is 7. The van der Waals surface area contributed by atoms with Crippen LogP contribution in [0.1, 0.15) is 45.9 Å². The molecule has 0 aliphatic carbocycles. The lowest BCUT2D eigenvalue weighted by Gasteiger charge is -2.40. The zero-order valence-electron chi connectivity index (χ0n) is 22.4. The number of alkyl halides is 3. The summed E-state index contributed by atoms with van der Waals surface area (Å²) < 4.78 is 52.2. The summed E-state index contributed by atoms with van der Waals surface area (Å²) in [7, 11) is 3.83. The number of carbonyl (C=O) groups excluding carboxylic acids is 2. The second-order valence-corrected chi connectivity index (χ2v) is 10.1. The second-order valence-electron chi connectivity index (χ2n) is 10.1. The zero-order chi connectivity index (χ0) is 29.0. The number of aryl methyl sites for hydroxylation is 1. The molecule has 0 bridgehead atoms. The van der Waals surface area contributed by atoms with Gasteiger partial charge in [-0.25, -0.2) is 19.6 Å². The molecule has 1 aliphatic heterocycles. The van der Waals surface area contributed by atoms with E-state index in [2.05, 4.69) is 19.8 Å². The normalized spacial score (nSPS) is 14.8. The molecule has 1 saturated heterocycles. The van der Waals surface area contributed by atoms with E-state index in [1.165, 1.54) is 27.1 Å². The smallest absolute Gasteiger partial charge is 0.440 e. The van der Waals surface area contributed by atoms with Crippen molar-refractivity contribution in [3.05, 3.63) is 12.2 Å². The van der Waals surface area contributed by atoms with Gasteiger partial charge < -0.3 is 23.8 Å². The molecule has 214 valence electrons. The summed E-state index contributed by atoms with van der Waals surface area (Å²) in [6, 6.07) is 1.09. The predicted molar refractivity (Wildman–Crippen MR) is 130 cm³/mol. The molecule has 0 radical (unpaired) electrons. The first-order valence-corrected chi connectivity index (χ1v) is 12.2. The summed E-state index contributed by atoms with van der Waals surface area (Å²) in [4.78, 5) is 44.6. The van der Waals surface area contributed by atoms with Crippen molar-refractivity contribution in [3.63, 3.8) is 0 Å². The van der Waals surface area contributed by atoms with Gasteiger partial charge in [0.25, 0.3) is 0 Å². The highest BCUT2D eigenvalue weighted by atomic mass is 19.4. The van der Waals surface area contributed by atoms with Gasteiger partial charge in [0, 0.05) is 19.8 Å². The fraction of sp³-hybridized carbons (Fsp3) is 0.652. The number of anilines is 1. The van der Waals surface area contributed by atoms with Crippen molar-refractivity contribution < 1.29 is 37.1 Å². The monoisotopic (exact) mass is 556 g/mol. The SMILES string of the molecule is CN(C)CCCn1cnc2c(N(C3CCOCC3)N(OC(=O)C(F)(F)F)C(=O)OC(C)(C)C)nc(C#N)nc21. The Balaban J connectivity index is 2.19. The molecule has 3 heterocycles. The number of nitriles is 1. The number of hydrazine groups is 1. The van der Waals surface area contributed by atoms with Crippen LogP contribution in [0.15, 0.2) is 6.33 Å². The summed E-state index contributed by atoms with van der Waals surface area (Å²) in [5.74, 6) is -3.17. The largest absolute Gasteiger partial charge is 0.493 e. The number of aromatic nitrogens is 4. The van der Waals surface area contributed by atoms with Crippen molar-refractivity contribution >= 4 is 29.0 Å². The van der Waals surface area contributed by atoms with Gasteiger partial charge in [0.2, 0.25) is 5.82 Å². The Morgan fingerprint density at radius 3 is 2.44 bits per heavy atom. The zero-order valence-corrected chi connectivity index (χ0v) is 22.4. The molecule has 0 saturated carbocycles. The van der Waals surface area contributed by atoms with E-state index in [1.54, 1.807) is 4.57 Å². The van der Waals surface area contributed by atoms with Crippen molar-refractivity contribution in [2.24, 2.45) is 0 Å². The van der Waals surface area contributed by atoms with Gasteiger partial charge in [-0.3, -0.25) is 0 Å². The van der Waals surface area contributed by atoms with E-state index in [1.807, 2.05) is 25.1 Å². The average molecular weight is 557 g/mol. The number of halogens is 3. The number of carbonyl (C=O) groups is 2. The Hall–Kier alpha value is -3.71. The molecule has 39 heavy (non-hydrogen) atoms. The molecule has 0 unspecified atom stereocenters. The Kier molecular flexibility index (Phi) is 9.18. The van der Waals surface area contributed by atoms with Gasteiger partial charge in [-0.2, -0.15) is 28.4 Å². The molecule has 1 aliphatic rings. The standard InChI is InChI=1S/C23H31F3N8O5/c1-22(2,3)38-21(36)34(39-20(35)23(24,25)26)33(15-7-11-37-12-8-15)19-17-18(29-16(13-27)30-19)32(14-28-17)10-6-9-31(4)5/h14-15H,6-12H2,1-5H3. The lowest BCUT2D eigenvalue weighted by molar-refractivity contribution is -0.236. The first-order chi connectivity index (χ1) is 18.2. The lowest BCUT2D eigenvalue weighted by Crippen LogP contribution is -2.56. The van der Waals surface area contributed by atoms with E-state index in [-0.39, 0.29) is 54.0 Å². The number of nitrogens with zero attached hydrogens (tertiary/aromatic N) is 8. The highest BCUT2D eigenvalue weighted by Gasteiger charge is 2.47. The Bertz CT molecular complexity index is 1220. The maximum atomic E-state index is 13.3. The Morgan fingerprint density at radius 2 is 1.87 bits per heavy atom. The third kappa shape index (κ3) is 7.67. The molecule has 2 aromatic heterocycles. The van der Waals surface area contributed by atoms with Crippen LogP contribution < -0.4 is 5.01 Å². The minimum absolute atomic E-state index is 0.0851. The van der Waals surface area contributed by atoms with E-state index in [0.29, 0.717) is 13.0 Å². The molecular weight excluding hydrogens is 525 g/mol. The Labute approximate surface area is 223 Å². The first kappa shape index (κ1) is 29.8. The summed E-state index contributed by atoms with van der Waals surface area (Å²) in [6.45, 7) is 6.12. The number of hydrogen-bond donors (Lipinski definition) is 0. The van der Waals surface area contributed by atoms with Gasteiger partial charge in [-0.15, -0.1) is 0 Å². The molecular formula is C23H31F3N8O5. The van der Waals surface area contributed by atoms with Crippen LogP contribution in [0, 0.1) is 11.3 Å². The molecule has 1 fully saturated rings. The van der Waals surface area contributed by atoms with Crippen LogP contribution in [-0.4, -0.2) is 93.3 Å². The second kappa shape index (κ2) is 12.0. The van der Waals surface area contributed by atoms with Crippen molar-refractivity contribution in [2.45, 2.75) is 64.4 Å². The first-order valence-electron chi connectivity index (χ1n) is 12.2. The van der Waals surface area contributed by atoms with Crippen LogP contribution in [0.25, 0.3) is 11.2 Å². The van der Waals surface area contributed by atoms with Gasteiger partial charge in [-0.05, 0) is 65.8 Å². The van der Waals surface area contributed by atoms with Gasteiger partial charge in [0.05, 0.1) is 12.4 Å². The fourth-order valence-electron chi connectivity index (χ4n) is 3.80. The van der Waals surface area contributed by atoms with E-state index in [4.69, 9.17) is 9.47 Å². The number of ether oxygens (including phenoxy) is 2. The van der Waals surface area contributed by atoms with Crippen LogP contribution in [0.4, 0.5) is 23.8 Å². The van der Waals surface area contributed by atoms with Crippen molar-refractivity contribution in [3.8, 4) is 6.07 Å². The van der Waals surface area contributed by atoms with E-state index in [9.17, 15) is 28.0 Å². The van der Waals surface area contributed by atoms with E-state index < -0.39 is 29.9 Å². The molecule has 0 N–H and O–H groups in total. The van der Waals surface area contributed by atoms with Crippen molar-refractivity contribution in [1.29, 1.82) is 5.26 Å². The fourth-order valence-corrected chi connectivity index (χ4v) is 3.80. The summed E-state index contributed by atoms with van der Waals surface area (Å²) in [5.41, 5.74) is -0.852. The average Bonchev–Trinajstić information content (AvgIpc) is 3.25. The number of amides is 1. The minimum atomic E-state index is -5.42. The lowest BCUT2D eigenvalue weighted by atomic mass is 10.1. The quantitative estimate of drug-likeness (QED) is 0.465. The highest BCUT2D eigenvalue weighted by Crippen LogP contribution is 2.31. The molecule has 2 aromatic rings. The van der Waals surface area contributed by atoms with Crippen molar-refractivity contribution in [1.82, 2.24) is 29.6 Å². The molecule has 0 atom stereocenters. The van der Waals surface area contributed by atoms with Crippen LogP contribution in [-0.2, 0) is 25.7 Å². The molecule has 3 rings (SSSR count). The topological polar surface area (TPSA) is 139 Å². The van der Waals surface area contributed by atoms with Crippen LogP contribution in [0.2, 0.25) is 0 Å². The highest BCUT2D eigenvalue weighted by molar-refractivity contribution is 5.86. The number of hydroxylamine groups is 1. The number of hydrogen-bond acceptors (Lipinski definition) is 11. The third-order valence-corrected chi connectivity index (χ3v) is 5.45. The molecule has 0 aromatic carbocycles.